The van der Waals surface area contributed by atoms with Gasteiger partial charge in [-0.3, -0.25) is 0 Å². The second kappa shape index (κ2) is 7.67. The standard InChI is InChI=1S/C18H23NO5S2/c1-14-6-5-7-15(12-14)24-11-10-19(2)17-9-8-16(25(3,20)21)13-18(17)26(4,22)23/h5-9,12-13H,10-11H2,1-4H3. The molecule has 0 radical (unpaired) electrons. The van der Waals surface area contributed by atoms with Crippen molar-refractivity contribution in [2.45, 2.75) is 16.7 Å². The molecular formula is C18H23NO5S2. The molecule has 0 aromatic heterocycles. The van der Waals surface area contributed by atoms with Crippen LogP contribution in [-0.4, -0.2) is 49.5 Å². The van der Waals surface area contributed by atoms with Crippen LogP contribution in [-0.2, 0) is 19.7 Å². The lowest BCUT2D eigenvalue weighted by Crippen LogP contribution is -2.25. The van der Waals surface area contributed by atoms with Crippen molar-refractivity contribution in [2.75, 3.05) is 37.6 Å². The third-order valence-corrected chi connectivity index (χ3v) is 6.09. The number of aryl methyl sites for hydroxylation is 1. The molecule has 0 atom stereocenters. The molecule has 0 aliphatic rings. The van der Waals surface area contributed by atoms with E-state index in [0.717, 1.165) is 23.8 Å². The molecule has 2 rings (SSSR count). The zero-order chi connectivity index (χ0) is 19.5. The van der Waals surface area contributed by atoms with Crippen LogP contribution in [0.15, 0.2) is 52.3 Å². The van der Waals surface area contributed by atoms with Gasteiger partial charge in [0, 0.05) is 19.6 Å². The van der Waals surface area contributed by atoms with Gasteiger partial charge in [0.15, 0.2) is 19.7 Å². The highest BCUT2D eigenvalue weighted by Crippen LogP contribution is 2.27. The maximum absolute atomic E-state index is 12.1. The monoisotopic (exact) mass is 397 g/mol. The van der Waals surface area contributed by atoms with Crippen molar-refractivity contribution in [1.29, 1.82) is 0 Å². The Labute approximate surface area is 155 Å². The van der Waals surface area contributed by atoms with Crippen molar-refractivity contribution in [3.63, 3.8) is 0 Å². The molecule has 0 fully saturated rings. The molecule has 0 aliphatic heterocycles. The second-order valence-corrected chi connectivity index (χ2v) is 10.3. The van der Waals surface area contributed by atoms with Crippen LogP contribution < -0.4 is 9.64 Å². The molecule has 0 N–H and O–H groups in total. The lowest BCUT2D eigenvalue weighted by molar-refractivity contribution is 0.325. The fraction of sp³-hybridized carbons (Fsp3) is 0.333. The van der Waals surface area contributed by atoms with Gasteiger partial charge in [0.1, 0.15) is 12.4 Å². The molecule has 2 aromatic rings. The van der Waals surface area contributed by atoms with Gasteiger partial charge in [-0.15, -0.1) is 0 Å². The summed E-state index contributed by atoms with van der Waals surface area (Å²) in [7, 11) is -5.34. The Kier molecular flexibility index (Phi) is 5.98. The summed E-state index contributed by atoms with van der Waals surface area (Å²) in [4.78, 5) is 1.70. The van der Waals surface area contributed by atoms with Gasteiger partial charge in [0.05, 0.1) is 22.0 Å². The van der Waals surface area contributed by atoms with Crippen LogP contribution in [0, 0.1) is 6.92 Å². The summed E-state index contributed by atoms with van der Waals surface area (Å²) < 4.78 is 53.4. The molecule has 0 aliphatic carbocycles. The third-order valence-electron chi connectivity index (χ3n) is 3.86. The first-order valence-corrected chi connectivity index (χ1v) is 11.7. The van der Waals surface area contributed by atoms with Crippen LogP contribution >= 0.6 is 0 Å². The van der Waals surface area contributed by atoms with Gasteiger partial charge in [-0.2, -0.15) is 0 Å². The van der Waals surface area contributed by atoms with Crippen LogP contribution in [0.25, 0.3) is 0 Å². The van der Waals surface area contributed by atoms with Crippen molar-refractivity contribution in [3.05, 3.63) is 48.0 Å². The molecule has 0 bridgehead atoms. The normalized spacial score (nSPS) is 12.0. The lowest BCUT2D eigenvalue weighted by Gasteiger charge is -2.22. The van der Waals surface area contributed by atoms with Crippen molar-refractivity contribution in [2.24, 2.45) is 0 Å². The fourth-order valence-electron chi connectivity index (χ4n) is 2.46. The van der Waals surface area contributed by atoms with Crippen LogP contribution in [0.2, 0.25) is 0 Å². The summed E-state index contributed by atoms with van der Waals surface area (Å²) in [5.41, 5.74) is 1.53. The van der Waals surface area contributed by atoms with Gasteiger partial charge < -0.3 is 9.64 Å². The average Bonchev–Trinajstić information content (AvgIpc) is 2.52. The van der Waals surface area contributed by atoms with Crippen molar-refractivity contribution in [1.82, 2.24) is 0 Å². The number of likely N-dealkylation sites (N-methyl/N-ethyl adjacent to an activating group) is 1. The first-order chi connectivity index (χ1) is 12.0. The number of sulfone groups is 2. The summed E-state index contributed by atoms with van der Waals surface area (Å²) in [6, 6.07) is 11.8. The second-order valence-electron chi connectivity index (χ2n) is 6.26. The van der Waals surface area contributed by atoms with E-state index < -0.39 is 19.7 Å². The van der Waals surface area contributed by atoms with Crippen LogP contribution in [0.4, 0.5) is 5.69 Å². The molecule has 0 unspecified atom stereocenters. The molecule has 0 saturated heterocycles. The summed E-state index contributed by atoms with van der Waals surface area (Å²) in [5.74, 6) is 0.745. The van der Waals surface area contributed by atoms with Crippen LogP contribution in [0.1, 0.15) is 5.56 Å². The Morgan fingerprint density at radius 1 is 0.962 bits per heavy atom. The van der Waals surface area contributed by atoms with Crippen LogP contribution in [0.3, 0.4) is 0 Å². The molecular weight excluding hydrogens is 374 g/mol. The SMILES string of the molecule is Cc1cccc(OCCN(C)c2ccc(S(C)(=O)=O)cc2S(C)(=O)=O)c1. The molecule has 0 spiro atoms. The van der Waals surface area contributed by atoms with E-state index in [0.29, 0.717) is 18.8 Å². The van der Waals surface area contributed by atoms with E-state index >= 15 is 0 Å². The van der Waals surface area contributed by atoms with Crippen molar-refractivity contribution in [3.8, 4) is 5.75 Å². The minimum atomic E-state index is -3.59. The van der Waals surface area contributed by atoms with Gasteiger partial charge >= 0.3 is 0 Å². The number of hydrogen-bond acceptors (Lipinski definition) is 6. The number of hydrogen-bond donors (Lipinski definition) is 0. The molecule has 0 saturated carbocycles. The molecule has 8 heteroatoms. The summed E-state index contributed by atoms with van der Waals surface area (Å²) in [6.07, 6.45) is 2.11. The number of ether oxygens (including phenoxy) is 1. The fourth-order valence-corrected chi connectivity index (χ4v) is 4.13. The molecule has 2 aromatic carbocycles. The Hall–Kier alpha value is -2.06. The predicted octanol–water partition coefficient (Wildman–Crippen LogP) is 2.32. The lowest BCUT2D eigenvalue weighted by atomic mass is 10.2. The maximum atomic E-state index is 12.1. The zero-order valence-corrected chi connectivity index (χ0v) is 16.9. The number of anilines is 1. The highest BCUT2D eigenvalue weighted by atomic mass is 32.2. The van der Waals surface area contributed by atoms with E-state index in [1.165, 1.54) is 18.2 Å². The van der Waals surface area contributed by atoms with Gasteiger partial charge in [0.25, 0.3) is 0 Å². The van der Waals surface area contributed by atoms with E-state index in [2.05, 4.69) is 0 Å². The smallest absolute Gasteiger partial charge is 0.177 e. The van der Waals surface area contributed by atoms with Crippen molar-refractivity contribution >= 4 is 25.4 Å². The Balaban J connectivity index is 2.21. The van der Waals surface area contributed by atoms with E-state index in [1.54, 1.807) is 11.9 Å². The van der Waals surface area contributed by atoms with Gasteiger partial charge in [-0.25, -0.2) is 16.8 Å². The minimum absolute atomic E-state index is 0.0153. The molecule has 6 nitrogen and oxygen atoms in total. The maximum Gasteiger partial charge on any atom is 0.177 e. The third kappa shape index (κ3) is 5.22. The molecule has 0 amide bonds. The topological polar surface area (TPSA) is 80.8 Å². The van der Waals surface area contributed by atoms with Gasteiger partial charge in [0.2, 0.25) is 0 Å². The molecule has 142 valence electrons. The highest BCUT2D eigenvalue weighted by molar-refractivity contribution is 7.91. The van der Waals surface area contributed by atoms with Crippen molar-refractivity contribution < 1.29 is 21.6 Å². The Morgan fingerprint density at radius 3 is 2.23 bits per heavy atom. The highest BCUT2D eigenvalue weighted by Gasteiger charge is 2.20. The average molecular weight is 398 g/mol. The van der Waals surface area contributed by atoms with Gasteiger partial charge in [-0.1, -0.05) is 12.1 Å². The quantitative estimate of drug-likeness (QED) is 0.713. The summed E-state index contributed by atoms with van der Waals surface area (Å²) in [6.45, 7) is 2.77. The number of benzene rings is 2. The number of rotatable bonds is 7. The van der Waals surface area contributed by atoms with E-state index in [4.69, 9.17) is 4.74 Å². The first kappa shape index (κ1) is 20.3. The zero-order valence-electron chi connectivity index (χ0n) is 15.3. The van der Waals surface area contributed by atoms with E-state index in [1.807, 2.05) is 31.2 Å². The van der Waals surface area contributed by atoms with E-state index in [9.17, 15) is 16.8 Å². The Morgan fingerprint density at radius 2 is 1.65 bits per heavy atom. The first-order valence-electron chi connectivity index (χ1n) is 7.93. The van der Waals surface area contributed by atoms with Crippen LogP contribution in [0.5, 0.6) is 5.75 Å². The van der Waals surface area contributed by atoms with E-state index in [-0.39, 0.29) is 9.79 Å². The molecule has 26 heavy (non-hydrogen) atoms. The number of nitrogens with zero attached hydrogens (tertiary/aromatic N) is 1. The molecule has 0 heterocycles. The Bertz CT molecular complexity index is 998. The largest absolute Gasteiger partial charge is 0.492 e. The minimum Gasteiger partial charge on any atom is -0.492 e. The van der Waals surface area contributed by atoms with Gasteiger partial charge in [-0.05, 0) is 42.8 Å². The predicted molar refractivity (Wildman–Crippen MR) is 103 cm³/mol. The summed E-state index contributed by atoms with van der Waals surface area (Å²) in [5, 5.41) is 0. The summed E-state index contributed by atoms with van der Waals surface area (Å²) >= 11 is 0.